The molecule has 2 rings (SSSR count). The normalized spacial score (nSPS) is 11.5. The van der Waals surface area contributed by atoms with E-state index in [1.54, 1.807) is 13.4 Å². The first-order chi connectivity index (χ1) is 12.4. The van der Waals surface area contributed by atoms with Gasteiger partial charge in [0.2, 0.25) is 0 Å². The van der Waals surface area contributed by atoms with Crippen LogP contribution in [0, 0.1) is 0 Å². The lowest BCUT2D eigenvalue weighted by molar-refractivity contribution is 0.102. The lowest BCUT2D eigenvalue weighted by Gasteiger charge is -2.15. The Labute approximate surface area is 160 Å². The number of benzene rings is 1. The van der Waals surface area contributed by atoms with Crippen LogP contribution in [0.5, 0.6) is 0 Å². The number of hydrogen-bond acceptors (Lipinski definition) is 5. The van der Waals surface area contributed by atoms with Crippen molar-refractivity contribution >= 4 is 17.5 Å². The second-order valence-corrected chi connectivity index (χ2v) is 7.96. The number of hydrogen-bond donors (Lipinski definition) is 0. The molecule has 0 fully saturated rings. The fraction of sp³-hybridized carbons (Fsp3) is 0.550. The summed E-state index contributed by atoms with van der Waals surface area (Å²) in [4.78, 5) is 12.8. The van der Waals surface area contributed by atoms with Gasteiger partial charge in [0.1, 0.15) is 6.33 Å². The Morgan fingerprint density at radius 1 is 1.23 bits per heavy atom. The van der Waals surface area contributed by atoms with Crippen LogP contribution in [-0.4, -0.2) is 40.0 Å². The summed E-state index contributed by atoms with van der Waals surface area (Å²) < 4.78 is 7.06. The topological polar surface area (TPSA) is 57.0 Å². The van der Waals surface area contributed by atoms with Crippen molar-refractivity contribution in [3.63, 3.8) is 0 Å². The molecular formula is C20H29N3O2S. The summed E-state index contributed by atoms with van der Waals surface area (Å²) in [5.41, 5.74) is 3.22. The van der Waals surface area contributed by atoms with E-state index in [-0.39, 0.29) is 5.78 Å². The van der Waals surface area contributed by atoms with Gasteiger partial charge < -0.3 is 9.30 Å². The van der Waals surface area contributed by atoms with Crippen molar-refractivity contribution in [3.05, 3.63) is 41.2 Å². The van der Waals surface area contributed by atoms with Crippen molar-refractivity contribution in [2.45, 2.75) is 57.7 Å². The zero-order valence-electron chi connectivity index (χ0n) is 16.4. The Kier molecular flexibility index (Phi) is 7.85. The third kappa shape index (κ3) is 5.42. The number of carbonyl (C=O) groups excluding carboxylic acids is 1. The van der Waals surface area contributed by atoms with Gasteiger partial charge in [-0.25, -0.2) is 0 Å². The van der Waals surface area contributed by atoms with E-state index in [1.165, 1.54) is 17.3 Å². The van der Waals surface area contributed by atoms with E-state index >= 15 is 0 Å². The van der Waals surface area contributed by atoms with Gasteiger partial charge in [0.25, 0.3) is 0 Å². The Morgan fingerprint density at radius 3 is 2.65 bits per heavy atom. The summed E-state index contributed by atoms with van der Waals surface area (Å²) in [6.07, 6.45) is 2.60. The molecule has 6 heteroatoms. The Hall–Kier alpha value is -1.66. The number of ether oxygens (including phenoxy) is 1. The van der Waals surface area contributed by atoms with Gasteiger partial charge in [-0.2, -0.15) is 0 Å². The maximum absolute atomic E-state index is 12.8. The van der Waals surface area contributed by atoms with Gasteiger partial charge in [-0.15, -0.1) is 10.2 Å². The third-order valence-corrected chi connectivity index (χ3v) is 5.31. The number of carbonyl (C=O) groups is 1. The van der Waals surface area contributed by atoms with E-state index in [4.69, 9.17) is 4.74 Å². The van der Waals surface area contributed by atoms with E-state index in [1.807, 2.05) is 10.6 Å². The van der Waals surface area contributed by atoms with Crippen LogP contribution in [0.1, 0.15) is 67.4 Å². The van der Waals surface area contributed by atoms with Crippen LogP contribution in [-0.2, 0) is 11.3 Å². The van der Waals surface area contributed by atoms with Crippen LogP contribution in [0.2, 0.25) is 0 Å². The number of thioether (sulfide) groups is 1. The van der Waals surface area contributed by atoms with Crippen LogP contribution < -0.4 is 0 Å². The molecule has 1 aromatic heterocycles. The number of Topliss-reactive ketones (excluding diaryl/α,β-unsaturated/α-hetero) is 1. The molecular weight excluding hydrogens is 346 g/mol. The van der Waals surface area contributed by atoms with Gasteiger partial charge >= 0.3 is 0 Å². The molecule has 0 aliphatic carbocycles. The summed E-state index contributed by atoms with van der Waals surface area (Å²) in [7, 11) is 1.69. The number of nitrogens with zero attached hydrogens (tertiary/aromatic N) is 3. The molecule has 142 valence electrons. The van der Waals surface area contributed by atoms with Crippen molar-refractivity contribution in [3.8, 4) is 0 Å². The van der Waals surface area contributed by atoms with Crippen LogP contribution in [0.25, 0.3) is 0 Å². The summed E-state index contributed by atoms with van der Waals surface area (Å²) in [6.45, 7) is 10.1. The molecule has 2 aromatic rings. The van der Waals surface area contributed by atoms with Crippen LogP contribution in [0.15, 0.2) is 29.7 Å². The van der Waals surface area contributed by atoms with Crippen molar-refractivity contribution in [2.24, 2.45) is 0 Å². The SMILES string of the molecule is COCCCn1cnnc1SCC(=O)c1ccc(C(C)C)cc1C(C)C. The highest BCUT2D eigenvalue weighted by Crippen LogP contribution is 2.27. The maximum atomic E-state index is 12.8. The highest BCUT2D eigenvalue weighted by Gasteiger charge is 2.17. The molecule has 26 heavy (non-hydrogen) atoms. The molecule has 0 aliphatic heterocycles. The predicted molar refractivity (Wildman–Crippen MR) is 106 cm³/mol. The van der Waals surface area contributed by atoms with Crippen molar-refractivity contribution in [1.82, 2.24) is 14.8 Å². The minimum atomic E-state index is 0.139. The standard InChI is InChI=1S/C20H29N3O2S/c1-14(2)16-7-8-17(18(11-16)15(3)4)19(24)12-26-20-22-21-13-23(20)9-6-10-25-5/h7-8,11,13-15H,6,9-10,12H2,1-5H3. The second kappa shape index (κ2) is 9.88. The number of aryl methyl sites for hydroxylation is 1. The molecule has 0 atom stereocenters. The molecule has 1 aromatic carbocycles. The number of rotatable bonds is 10. The molecule has 0 amide bonds. The fourth-order valence-corrected chi connectivity index (χ4v) is 3.59. The predicted octanol–water partition coefficient (Wildman–Crippen LogP) is 4.54. The minimum Gasteiger partial charge on any atom is -0.385 e. The Morgan fingerprint density at radius 2 is 2.00 bits per heavy atom. The van der Waals surface area contributed by atoms with Gasteiger partial charge in [-0.05, 0) is 29.4 Å². The second-order valence-electron chi connectivity index (χ2n) is 7.02. The Balaban J connectivity index is 2.08. The Bertz CT molecular complexity index is 726. The van der Waals surface area contributed by atoms with Gasteiger partial charge in [-0.3, -0.25) is 4.79 Å². The lowest BCUT2D eigenvalue weighted by atomic mass is 9.90. The minimum absolute atomic E-state index is 0.139. The molecule has 0 bridgehead atoms. The molecule has 5 nitrogen and oxygen atoms in total. The molecule has 0 spiro atoms. The van der Waals surface area contributed by atoms with Crippen molar-refractivity contribution in [1.29, 1.82) is 0 Å². The molecule has 0 N–H and O–H groups in total. The van der Waals surface area contributed by atoms with Gasteiger partial charge in [0.15, 0.2) is 10.9 Å². The van der Waals surface area contributed by atoms with Gasteiger partial charge in [-0.1, -0.05) is 57.7 Å². The first-order valence-electron chi connectivity index (χ1n) is 9.10. The van der Waals surface area contributed by atoms with Crippen LogP contribution in [0.4, 0.5) is 0 Å². The van der Waals surface area contributed by atoms with Gasteiger partial charge in [0, 0.05) is 25.8 Å². The summed E-state index contributed by atoms with van der Waals surface area (Å²) in [6, 6.07) is 6.24. The first kappa shape index (κ1) is 20.6. The zero-order chi connectivity index (χ0) is 19.1. The highest BCUT2D eigenvalue weighted by atomic mass is 32.2. The molecule has 0 aliphatic rings. The van der Waals surface area contributed by atoms with E-state index in [0.29, 0.717) is 24.2 Å². The van der Waals surface area contributed by atoms with Crippen LogP contribution >= 0.6 is 11.8 Å². The average molecular weight is 376 g/mol. The number of ketones is 1. The summed E-state index contributed by atoms with van der Waals surface area (Å²) in [5.74, 6) is 1.27. The molecule has 1 heterocycles. The van der Waals surface area contributed by atoms with E-state index in [2.05, 4.69) is 50.0 Å². The molecule has 0 saturated carbocycles. The number of aromatic nitrogens is 3. The van der Waals surface area contributed by atoms with E-state index in [9.17, 15) is 4.79 Å². The summed E-state index contributed by atoms with van der Waals surface area (Å²) >= 11 is 1.44. The average Bonchev–Trinajstić information content (AvgIpc) is 3.06. The molecule has 0 saturated heterocycles. The molecule has 0 radical (unpaired) electrons. The summed E-state index contributed by atoms with van der Waals surface area (Å²) in [5, 5.41) is 8.88. The van der Waals surface area contributed by atoms with E-state index in [0.717, 1.165) is 29.2 Å². The lowest BCUT2D eigenvalue weighted by Crippen LogP contribution is -2.10. The van der Waals surface area contributed by atoms with E-state index < -0.39 is 0 Å². The first-order valence-corrected chi connectivity index (χ1v) is 10.1. The molecule has 0 unspecified atom stereocenters. The monoisotopic (exact) mass is 375 g/mol. The largest absolute Gasteiger partial charge is 0.385 e. The smallest absolute Gasteiger partial charge is 0.191 e. The number of methoxy groups -OCH3 is 1. The zero-order valence-corrected chi connectivity index (χ0v) is 17.2. The van der Waals surface area contributed by atoms with Gasteiger partial charge in [0.05, 0.1) is 5.75 Å². The maximum Gasteiger partial charge on any atom is 0.191 e. The van der Waals surface area contributed by atoms with Crippen LogP contribution in [0.3, 0.4) is 0 Å². The van der Waals surface area contributed by atoms with Crippen molar-refractivity contribution in [2.75, 3.05) is 19.5 Å². The fourth-order valence-electron chi connectivity index (χ4n) is 2.77. The highest BCUT2D eigenvalue weighted by molar-refractivity contribution is 7.99. The quantitative estimate of drug-likeness (QED) is 0.347. The van der Waals surface area contributed by atoms with Crippen molar-refractivity contribution < 1.29 is 9.53 Å². The third-order valence-electron chi connectivity index (χ3n) is 4.32.